The van der Waals surface area contributed by atoms with E-state index in [-0.39, 0.29) is 6.09 Å². The van der Waals surface area contributed by atoms with Gasteiger partial charge in [-0.15, -0.1) is 0 Å². The second-order valence-corrected chi connectivity index (χ2v) is 5.82. The number of carbonyl (C=O) groups excluding carboxylic acids is 1. The van der Waals surface area contributed by atoms with Gasteiger partial charge in [-0.3, -0.25) is 0 Å². The van der Waals surface area contributed by atoms with Gasteiger partial charge in [0.1, 0.15) is 11.4 Å². The van der Waals surface area contributed by atoms with Gasteiger partial charge in [-0.25, -0.2) is 9.78 Å². The van der Waals surface area contributed by atoms with Gasteiger partial charge in [-0.1, -0.05) is 0 Å². The predicted molar refractivity (Wildman–Crippen MR) is 73.2 cm³/mol. The molecule has 0 aromatic carbocycles. The van der Waals surface area contributed by atoms with Crippen LogP contribution in [0.4, 0.5) is 10.6 Å². The number of imidazole rings is 1. The third kappa shape index (κ3) is 3.39. The Morgan fingerprint density at radius 1 is 1.26 bits per heavy atom. The van der Waals surface area contributed by atoms with Crippen molar-refractivity contribution in [3.05, 3.63) is 12.5 Å². The van der Waals surface area contributed by atoms with Crippen LogP contribution in [0.2, 0.25) is 0 Å². The first-order chi connectivity index (χ1) is 8.87. The van der Waals surface area contributed by atoms with E-state index < -0.39 is 5.60 Å². The van der Waals surface area contributed by atoms with E-state index in [4.69, 9.17) is 4.74 Å². The lowest BCUT2D eigenvalue weighted by molar-refractivity contribution is 0.0240. The number of carbonyl (C=O) groups is 1. The Morgan fingerprint density at radius 3 is 2.37 bits per heavy atom. The fourth-order valence-electron chi connectivity index (χ4n) is 2.10. The minimum Gasteiger partial charge on any atom is -0.444 e. The highest BCUT2D eigenvalue weighted by Crippen LogP contribution is 2.16. The van der Waals surface area contributed by atoms with Gasteiger partial charge in [-0.2, -0.15) is 0 Å². The van der Waals surface area contributed by atoms with Crippen LogP contribution >= 0.6 is 0 Å². The van der Waals surface area contributed by atoms with Crippen molar-refractivity contribution < 1.29 is 9.53 Å². The van der Waals surface area contributed by atoms with Crippen molar-refractivity contribution in [2.45, 2.75) is 26.4 Å². The molecule has 1 aromatic heterocycles. The molecule has 1 aliphatic rings. The van der Waals surface area contributed by atoms with Gasteiger partial charge >= 0.3 is 6.09 Å². The Bertz CT molecular complexity index is 442. The third-order valence-corrected chi connectivity index (χ3v) is 3.05. The van der Waals surface area contributed by atoms with Crippen LogP contribution in [0.3, 0.4) is 0 Å². The molecule has 1 fully saturated rings. The van der Waals surface area contributed by atoms with Crippen molar-refractivity contribution >= 4 is 11.9 Å². The second kappa shape index (κ2) is 5.11. The van der Waals surface area contributed by atoms with E-state index in [9.17, 15) is 4.79 Å². The van der Waals surface area contributed by atoms with Crippen molar-refractivity contribution in [2.75, 3.05) is 31.1 Å². The van der Waals surface area contributed by atoms with Crippen LogP contribution in [0.5, 0.6) is 0 Å². The Labute approximate surface area is 114 Å². The van der Waals surface area contributed by atoms with Gasteiger partial charge in [0, 0.05) is 33.2 Å². The van der Waals surface area contributed by atoms with Gasteiger partial charge < -0.3 is 19.1 Å². The van der Waals surface area contributed by atoms with Crippen LogP contribution in [0.1, 0.15) is 20.8 Å². The molecule has 1 aliphatic heterocycles. The lowest BCUT2D eigenvalue weighted by Gasteiger charge is -2.36. The first-order valence-corrected chi connectivity index (χ1v) is 6.56. The number of rotatable bonds is 1. The molecule has 0 N–H and O–H groups in total. The van der Waals surface area contributed by atoms with Crippen molar-refractivity contribution in [1.82, 2.24) is 14.5 Å². The molecule has 0 unspecified atom stereocenters. The maximum absolute atomic E-state index is 11.9. The summed E-state index contributed by atoms with van der Waals surface area (Å²) in [6.07, 6.45) is 3.41. The molecule has 1 amide bonds. The van der Waals surface area contributed by atoms with Gasteiger partial charge in [0.05, 0.1) is 12.5 Å². The largest absolute Gasteiger partial charge is 0.444 e. The lowest BCUT2D eigenvalue weighted by atomic mass is 10.2. The number of aryl methyl sites for hydroxylation is 1. The summed E-state index contributed by atoms with van der Waals surface area (Å²) in [6, 6.07) is 0. The van der Waals surface area contributed by atoms with Crippen LogP contribution < -0.4 is 4.90 Å². The van der Waals surface area contributed by atoms with E-state index >= 15 is 0 Å². The van der Waals surface area contributed by atoms with Crippen molar-refractivity contribution in [2.24, 2.45) is 7.05 Å². The molecule has 0 saturated carbocycles. The molecule has 2 rings (SSSR count). The number of hydrogen-bond acceptors (Lipinski definition) is 4. The maximum atomic E-state index is 11.9. The quantitative estimate of drug-likeness (QED) is 0.772. The second-order valence-electron chi connectivity index (χ2n) is 5.82. The molecular weight excluding hydrogens is 244 g/mol. The number of piperazine rings is 1. The zero-order valence-corrected chi connectivity index (χ0v) is 12.1. The summed E-state index contributed by atoms with van der Waals surface area (Å²) in [5.41, 5.74) is -0.434. The number of ether oxygens (including phenoxy) is 1. The van der Waals surface area contributed by atoms with Crippen LogP contribution in [-0.2, 0) is 11.8 Å². The molecule has 1 saturated heterocycles. The zero-order valence-electron chi connectivity index (χ0n) is 12.1. The summed E-state index contributed by atoms with van der Waals surface area (Å²) < 4.78 is 7.37. The molecule has 19 heavy (non-hydrogen) atoms. The standard InChI is InChI=1S/C13H22N4O2/c1-13(2,3)19-12(18)17-7-5-16(6-8-17)11-9-14-10-15(11)4/h9-10H,5-8H2,1-4H3. The summed E-state index contributed by atoms with van der Waals surface area (Å²) in [6.45, 7) is 8.63. The molecule has 0 atom stereocenters. The molecule has 1 aromatic rings. The topological polar surface area (TPSA) is 50.6 Å². The van der Waals surface area contributed by atoms with Crippen LogP contribution in [0.25, 0.3) is 0 Å². The fraction of sp³-hybridized carbons (Fsp3) is 0.692. The van der Waals surface area contributed by atoms with E-state index in [0.717, 1.165) is 18.9 Å². The highest BCUT2D eigenvalue weighted by Gasteiger charge is 2.26. The lowest BCUT2D eigenvalue weighted by Crippen LogP contribution is -2.50. The first-order valence-electron chi connectivity index (χ1n) is 6.56. The summed E-state index contributed by atoms with van der Waals surface area (Å²) in [5.74, 6) is 1.09. The predicted octanol–water partition coefficient (Wildman–Crippen LogP) is 1.48. The molecule has 0 spiro atoms. The van der Waals surface area contributed by atoms with Crippen molar-refractivity contribution in [1.29, 1.82) is 0 Å². The highest BCUT2D eigenvalue weighted by molar-refractivity contribution is 5.68. The van der Waals surface area contributed by atoms with Crippen LogP contribution in [0.15, 0.2) is 12.5 Å². The van der Waals surface area contributed by atoms with Crippen LogP contribution in [-0.4, -0.2) is 52.3 Å². The van der Waals surface area contributed by atoms with Gasteiger partial charge in [0.15, 0.2) is 0 Å². The Hall–Kier alpha value is -1.72. The summed E-state index contributed by atoms with van der Waals surface area (Å²) in [7, 11) is 1.97. The summed E-state index contributed by atoms with van der Waals surface area (Å²) >= 11 is 0. The average molecular weight is 266 g/mol. The monoisotopic (exact) mass is 266 g/mol. The smallest absolute Gasteiger partial charge is 0.410 e. The number of aromatic nitrogens is 2. The zero-order chi connectivity index (χ0) is 14.0. The Kier molecular flexibility index (Phi) is 3.68. The van der Waals surface area contributed by atoms with E-state index in [2.05, 4.69) is 9.88 Å². The average Bonchev–Trinajstić information content (AvgIpc) is 2.73. The molecule has 6 heteroatoms. The van der Waals surface area contributed by atoms with Crippen molar-refractivity contribution in [3.63, 3.8) is 0 Å². The van der Waals surface area contributed by atoms with E-state index in [1.807, 2.05) is 38.6 Å². The van der Waals surface area contributed by atoms with E-state index in [1.165, 1.54) is 0 Å². The molecule has 0 radical (unpaired) electrons. The molecule has 0 bridgehead atoms. The summed E-state index contributed by atoms with van der Waals surface area (Å²) in [5, 5.41) is 0. The Balaban J connectivity index is 1.89. The maximum Gasteiger partial charge on any atom is 0.410 e. The van der Waals surface area contributed by atoms with E-state index in [0.29, 0.717) is 13.1 Å². The number of anilines is 1. The number of nitrogens with zero attached hydrogens (tertiary/aromatic N) is 4. The van der Waals surface area contributed by atoms with Gasteiger partial charge in [-0.05, 0) is 20.8 Å². The minimum atomic E-state index is -0.434. The Morgan fingerprint density at radius 2 is 1.89 bits per heavy atom. The number of amides is 1. The molecule has 0 aliphatic carbocycles. The van der Waals surface area contributed by atoms with E-state index in [1.54, 1.807) is 11.2 Å². The van der Waals surface area contributed by atoms with Gasteiger partial charge in [0.25, 0.3) is 0 Å². The molecule has 106 valence electrons. The minimum absolute atomic E-state index is 0.225. The molecular formula is C13H22N4O2. The fourth-order valence-corrected chi connectivity index (χ4v) is 2.10. The van der Waals surface area contributed by atoms with Gasteiger partial charge in [0.2, 0.25) is 0 Å². The summed E-state index contributed by atoms with van der Waals surface area (Å²) in [4.78, 5) is 20.0. The molecule has 2 heterocycles. The normalized spacial score (nSPS) is 16.6. The highest BCUT2D eigenvalue weighted by atomic mass is 16.6. The van der Waals surface area contributed by atoms with Crippen LogP contribution in [0, 0.1) is 0 Å². The third-order valence-electron chi connectivity index (χ3n) is 3.05. The SMILES string of the molecule is Cn1cncc1N1CCN(C(=O)OC(C)(C)C)CC1. The number of hydrogen-bond donors (Lipinski definition) is 0. The van der Waals surface area contributed by atoms with Crippen molar-refractivity contribution in [3.8, 4) is 0 Å². The molecule has 6 nitrogen and oxygen atoms in total. The first kappa shape index (κ1) is 13.7.